The molecule has 7 heteroatoms. The smallest absolute Gasteiger partial charge is 0.268 e. The first kappa shape index (κ1) is 21.2. The second kappa shape index (κ2) is 8.76. The number of piperidine rings is 1. The summed E-state index contributed by atoms with van der Waals surface area (Å²) >= 11 is 0. The quantitative estimate of drug-likeness (QED) is 0.418. The minimum atomic E-state index is -0.223. The monoisotopic (exact) mass is 463 g/mol. The lowest BCUT2D eigenvalue weighted by molar-refractivity contribution is 0.0656. The molecule has 1 aliphatic rings. The van der Waals surface area contributed by atoms with Gasteiger partial charge in [-0.15, -0.1) is 0 Å². The fourth-order valence-electron chi connectivity index (χ4n) is 5.12. The fraction of sp³-hybridized carbons (Fsp3) is 0.179. The highest BCUT2D eigenvalue weighted by atomic mass is 16.2. The zero-order valence-electron chi connectivity index (χ0n) is 19.1. The van der Waals surface area contributed by atoms with E-state index in [4.69, 9.17) is 0 Å². The molecule has 0 saturated carbocycles. The van der Waals surface area contributed by atoms with Crippen molar-refractivity contribution < 1.29 is 9.59 Å². The Morgan fingerprint density at radius 1 is 1.00 bits per heavy atom. The van der Waals surface area contributed by atoms with Crippen LogP contribution in [-0.4, -0.2) is 50.2 Å². The van der Waals surface area contributed by atoms with Crippen LogP contribution in [0.25, 0.3) is 16.4 Å². The number of pyridine rings is 1. The van der Waals surface area contributed by atoms with E-state index in [2.05, 4.69) is 27.4 Å². The van der Waals surface area contributed by atoms with Crippen LogP contribution < -0.4 is 5.32 Å². The lowest BCUT2D eigenvalue weighted by atomic mass is 9.85. The number of nitrogens with one attached hydrogen (secondary N) is 2. The van der Waals surface area contributed by atoms with Crippen molar-refractivity contribution >= 4 is 28.2 Å². The summed E-state index contributed by atoms with van der Waals surface area (Å²) in [6.45, 7) is 1.05. The zero-order chi connectivity index (χ0) is 23.8. The molecule has 35 heavy (non-hydrogen) atoms. The fourth-order valence-corrected chi connectivity index (χ4v) is 5.12. The molecule has 6 rings (SSSR count). The van der Waals surface area contributed by atoms with E-state index in [-0.39, 0.29) is 23.8 Å². The number of hydrogen-bond donors (Lipinski definition) is 2. The molecule has 2 atom stereocenters. The molecule has 2 amide bonds. The molecule has 3 aromatic heterocycles. The van der Waals surface area contributed by atoms with E-state index in [1.807, 2.05) is 76.2 Å². The van der Waals surface area contributed by atoms with E-state index >= 15 is 0 Å². The topological polar surface area (TPSA) is 82.5 Å². The zero-order valence-corrected chi connectivity index (χ0v) is 19.1. The minimum absolute atomic E-state index is 0.0486. The average Bonchev–Trinajstić information content (AvgIpc) is 3.56. The first-order chi connectivity index (χ1) is 17.2. The lowest BCUT2D eigenvalue weighted by Gasteiger charge is -2.39. The molecule has 0 radical (unpaired) electrons. The molecule has 0 aliphatic carbocycles. The summed E-state index contributed by atoms with van der Waals surface area (Å²) in [7, 11) is 0. The van der Waals surface area contributed by atoms with E-state index in [0.717, 1.165) is 22.8 Å². The lowest BCUT2D eigenvalue weighted by Crippen LogP contribution is -2.53. The van der Waals surface area contributed by atoms with Crippen LogP contribution in [0, 0.1) is 0 Å². The highest BCUT2D eigenvalue weighted by molar-refractivity contribution is 6.01. The summed E-state index contributed by atoms with van der Waals surface area (Å²) in [6, 6.07) is 23.4. The van der Waals surface area contributed by atoms with Crippen LogP contribution in [0.2, 0.25) is 0 Å². The number of benzene rings is 2. The maximum Gasteiger partial charge on any atom is 0.268 e. The minimum Gasteiger partial charge on any atom is -0.351 e. The van der Waals surface area contributed by atoms with Crippen LogP contribution >= 0.6 is 0 Å². The van der Waals surface area contributed by atoms with E-state index in [1.54, 1.807) is 12.5 Å². The summed E-state index contributed by atoms with van der Waals surface area (Å²) in [5.41, 5.74) is 4.00. The van der Waals surface area contributed by atoms with E-state index in [9.17, 15) is 9.59 Å². The van der Waals surface area contributed by atoms with Gasteiger partial charge in [0.25, 0.3) is 11.8 Å². The standard InChI is InChI=1S/C28H25N5O2/c34-27(24-15-20-9-4-5-11-23(20)30-24)31-25-17-32(14-12-21(25)19-7-2-1-3-8-19)28(35)22-10-6-13-33-18-29-16-26(22)33/h1-11,13,15-16,18,21,25,30H,12,14,17H2,(H,31,34)/t21-,25+/m0/s1. The number of para-hydroxylation sites is 1. The first-order valence-corrected chi connectivity index (χ1v) is 11.8. The molecule has 0 spiro atoms. The summed E-state index contributed by atoms with van der Waals surface area (Å²) in [5, 5.41) is 4.22. The number of imidazole rings is 1. The third-order valence-electron chi connectivity index (χ3n) is 6.90. The van der Waals surface area contributed by atoms with Gasteiger partial charge in [0.05, 0.1) is 29.6 Å². The molecule has 7 nitrogen and oxygen atoms in total. The summed E-state index contributed by atoms with van der Waals surface area (Å²) < 4.78 is 1.85. The molecule has 0 unspecified atom stereocenters. The van der Waals surface area contributed by atoms with Gasteiger partial charge in [-0.1, -0.05) is 48.5 Å². The first-order valence-electron chi connectivity index (χ1n) is 11.8. The molecular weight excluding hydrogens is 438 g/mol. The maximum atomic E-state index is 13.5. The number of rotatable bonds is 4. The summed E-state index contributed by atoms with van der Waals surface area (Å²) in [6.07, 6.45) is 6.04. The number of aromatic amines is 1. The van der Waals surface area contributed by atoms with Crippen molar-refractivity contribution in [3.05, 3.63) is 108 Å². The van der Waals surface area contributed by atoms with Crippen molar-refractivity contribution in [2.75, 3.05) is 13.1 Å². The predicted molar refractivity (Wildman–Crippen MR) is 134 cm³/mol. The van der Waals surface area contributed by atoms with E-state index in [0.29, 0.717) is 24.3 Å². The molecule has 174 valence electrons. The molecule has 2 N–H and O–H groups in total. The molecule has 4 heterocycles. The highest BCUT2D eigenvalue weighted by Gasteiger charge is 2.34. The molecule has 1 saturated heterocycles. The Morgan fingerprint density at radius 2 is 1.83 bits per heavy atom. The van der Waals surface area contributed by atoms with Crippen molar-refractivity contribution in [3.8, 4) is 0 Å². The van der Waals surface area contributed by atoms with Gasteiger partial charge < -0.3 is 19.6 Å². The predicted octanol–water partition coefficient (Wildman–Crippen LogP) is 4.24. The van der Waals surface area contributed by atoms with Gasteiger partial charge in [0.2, 0.25) is 0 Å². The van der Waals surface area contributed by atoms with Crippen molar-refractivity contribution in [2.45, 2.75) is 18.4 Å². The summed E-state index contributed by atoms with van der Waals surface area (Å²) in [4.78, 5) is 36.1. The number of amides is 2. The van der Waals surface area contributed by atoms with Crippen LogP contribution in [0.4, 0.5) is 0 Å². The van der Waals surface area contributed by atoms with Crippen LogP contribution in [0.5, 0.6) is 0 Å². The molecular formula is C28H25N5O2. The van der Waals surface area contributed by atoms with Gasteiger partial charge in [-0.25, -0.2) is 4.98 Å². The van der Waals surface area contributed by atoms with Gasteiger partial charge in [0.1, 0.15) is 5.69 Å². The Hall–Kier alpha value is -4.39. The summed E-state index contributed by atoms with van der Waals surface area (Å²) in [5.74, 6) is -0.105. The molecule has 2 aromatic carbocycles. The number of likely N-dealkylation sites (tertiary alicyclic amines) is 1. The Morgan fingerprint density at radius 3 is 2.69 bits per heavy atom. The number of hydrogen-bond acceptors (Lipinski definition) is 3. The molecule has 5 aromatic rings. The third-order valence-corrected chi connectivity index (χ3v) is 6.90. The van der Waals surface area contributed by atoms with Crippen molar-refractivity contribution in [1.29, 1.82) is 0 Å². The number of carbonyl (C=O) groups is 2. The van der Waals surface area contributed by atoms with Crippen molar-refractivity contribution in [1.82, 2.24) is 24.6 Å². The van der Waals surface area contributed by atoms with Crippen LogP contribution in [-0.2, 0) is 0 Å². The van der Waals surface area contributed by atoms with Gasteiger partial charge >= 0.3 is 0 Å². The molecule has 0 bridgehead atoms. The van der Waals surface area contributed by atoms with E-state index < -0.39 is 0 Å². The van der Waals surface area contributed by atoms with Crippen LogP contribution in [0.1, 0.15) is 38.7 Å². The maximum absolute atomic E-state index is 13.5. The van der Waals surface area contributed by atoms with E-state index in [1.165, 1.54) is 5.56 Å². The number of nitrogens with zero attached hydrogens (tertiary/aromatic N) is 3. The Labute approximate surface area is 202 Å². The Balaban J connectivity index is 1.29. The Bertz CT molecular complexity index is 1490. The second-order valence-electron chi connectivity index (χ2n) is 9.02. The van der Waals surface area contributed by atoms with Gasteiger partial charge in [0, 0.05) is 36.1 Å². The van der Waals surface area contributed by atoms with Gasteiger partial charge in [-0.2, -0.15) is 0 Å². The second-order valence-corrected chi connectivity index (χ2v) is 9.02. The number of H-pyrrole nitrogens is 1. The number of carbonyl (C=O) groups excluding carboxylic acids is 2. The molecule has 1 fully saturated rings. The normalized spacial score (nSPS) is 18.1. The Kier molecular flexibility index (Phi) is 5.29. The highest BCUT2D eigenvalue weighted by Crippen LogP contribution is 2.30. The van der Waals surface area contributed by atoms with Crippen molar-refractivity contribution in [3.63, 3.8) is 0 Å². The van der Waals surface area contributed by atoms with Gasteiger partial charge in [-0.05, 0) is 36.2 Å². The van der Waals surface area contributed by atoms with Crippen molar-refractivity contribution in [2.24, 2.45) is 0 Å². The number of aromatic nitrogens is 3. The van der Waals surface area contributed by atoms with Crippen LogP contribution in [0.15, 0.2) is 91.5 Å². The van der Waals surface area contributed by atoms with Gasteiger partial charge in [-0.3, -0.25) is 9.59 Å². The SMILES string of the molecule is O=C(N[C@@H]1CN(C(=O)c2cccn3cncc23)CC[C@H]1c1ccccc1)c1cc2ccccc2[nH]1. The number of fused-ring (bicyclic) bond motifs is 2. The van der Waals surface area contributed by atoms with Crippen LogP contribution in [0.3, 0.4) is 0 Å². The largest absolute Gasteiger partial charge is 0.351 e. The average molecular weight is 464 g/mol. The third kappa shape index (κ3) is 3.95. The van der Waals surface area contributed by atoms with Gasteiger partial charge in [0.15, 0.2) is 0 Å². The molecule has 1 aliphatic heterocycles.